The number of carbonyl (C=O) groups excluding carboxylic acids is 2. The zero-order valence-electron chi connectivity index (χ0n) is 23.7. The van der Waals surface area contributed by atoms with E-state index in [1.807, 2.05) is 49.4 Å². The Kier molecular flexibility index (Phi) is 8.67. The molecule has 4 aromatic rings. The lowest BCUT2D eigenvalue weighted by atomic mass is 9.99. The summed E-state index contributed by atoms with van der Waals surface area (Å²) in [7, 11) is 0. The number of rotatable bonds is 7. The number of thioether (sulfide) groups is 1. The van der Waals surface area contributed by atoms with Gasteiger partial charge in [-0.25, -0.2) is 14.5 Å². The summed E-state index contributed by atoms with van der Waals surface area (Å²) in [5.41, 5.74) is 4.14. The number of urea groups is 1. The largest absolute Gasteiger partial charge is 0.416 e. The first-order chi connectivity index (χ1) is 20.5. The monoisotopic (exact) mass is 606 g/mol. The predicted molar refractivity (Wildman–Crippen MR) is 162 cm³/mol. The van der Waals surface area contributed by atoms with Crippen LogP contribution in [0.2, 0.25) is 0 Å². The molecule has 0 atom stereocenters. The second-order valence-corrected chi connectivity index (χ2v) is 11.3. The van der Waals surface area contributed by atoms with E-state index in [1.165, 1.54) is 39.8 Å². The molecular weight excluding hydrogens is 577 g/mol. The third kappa shape index (κ3) is 6.96. The third-order valence-electron chi connectivity index (χ3n) is 6.84. The summed E-state index contributed by atoms with van der Waals surface area (Å²) in [4.78, 5) is 35.6. The molecule has 2 heterocycles. The summed E-state index contributed by atoms with van der Waals surface area (Å²) >= 11 is 1.24. The average Bonchev–Trinajstić information content (AvgIpc) is 3.60. The van der Waals surface area contributed by atoms with Crippen LogP contribution in [0.1, 0.15) is 42.0 Å². The van der Waals surface area contributed by atoms with Crippen molar-refractivity contribution in [3.8, 4) is 17.1 Å². The predicted octanol–water partition coefficient (Wildman–Crippen LogP) is 6.77. The van der Waals surface area contributed by atoms with Gasteiger partial charge in [-0.15, -0.1) is 5.10 Å². The summed E-state index contributed by atoms with van der Waals surface area (Å²) in [5.74, 6) is 0.702. The smallest absolute Gasteiger partial charge is 0.336 e. The van der Waals surface area contributed by atoms with Crippen molar-refractivity contribution in [1.82, 2.24) is 20.1 Å². The van der Waals surface area contributed by atoms with E-state index in [2.05, 4.69) is 34.2 Å². The molecule has 0 bridgehead atoms. The first-order valence-electron chi connectivity index (χ1n) is 13.6. The molecule has 0 unspecified atom stereocenters. The number of hydrogen-bond donors (Lipinski definition) is 1. The molecule has 0 saturated carbocycles. The van der Waals surface area contributed by atoms with Crippen LogP contribution in [-0.4, -0.2) is 44.2 Å². The minimum absolute atomic E-state index is 0.116. The number of hydrogen-bond acceptors (Lipinski definition) is 5. The van der Waals surface area contributed by atoms with Gasteiger partial charge >= 0.3 is 12.2 Å². The van der Waals surface area contributed by atoms with Crippen LogP contribution in [0.5, 0.6) is 0 Å². The first-order valence-corrected chi connectivity index (χ1v) is 14.6. The molecule has 0 aliphatic carbocycles. The van der Waals surface area contributed by atoms with E-state index < -0.39 is 17.8 Å². The van der Waals surface area contributed by atoms with E-state index in [0.717, 1.165) is 40.1 Å². The zero-order chi connectivity index (χ0) is 30.7. The highest BCUT2D eigenvalue weighted by atomic mass is 32.2. The van der Waals surface area contributed by atoms with Crippen molar-refractivity contribution in [2.45, 2.75) is 39.3 Å². The maximum atomic E-state index is 12.9. The maximum Gasteiger partial charge on any atom is 0.416 e. The van der Waals surface area contributed by atoms with E-state index in [0.29, 0.717) is 29.6 Å². The van der Waals surface area contributed by atoms with Crippen LogP contribution in [-0.2, 0) is 17.4 Å². The van der Waals surface area contributed by atoms with Crippen LogP contribution in [0.15, 0.2) is 78.0 Å². The first kappa shape index (κ1) is 30.0. The van der Waals surface area contributed by atoms with Crippen LogP contribution in [0, 0.1) is 6.92 Å². The van der Waals surface area contributed by atoms with Crippen molar-refractivity contribution in [2.24, 2.45) is 4.99 Å². The number of benzene rings is 3. The standard InChI is InChI=1S/C31H29F3N6O2S/c1-19(2)25-12-7-20(3)15-26(25)40-27(41)17-43-30(40)37-29(42)35-14-13-21-5-4-6-22(16-21)28-36-18-39(38-28)24-10-8-23(9-11-24)31(32,33)34/h4-12,15-16,18-19H,13-14,17H2,1-3H3,(H,35,42)/b37-30-. The molecule has 1 aromatic heterocycles. The lowest BCUT2D eigenvalue weighted by molar-refractivity contribution is -0.137. The molecule has 0 spiro atoms. The van der Waals surface area contributed by atoms with Gasteiger partial charge < -0.3 is 5.32 Å². The Morgan fingerprint density at radius 1 is 1.09 bits per heavy atom. The van der Waals surface area contributed by atoms with Crippen LogP contribution in [0.4, 0.5) is 23.7 Å². The van der Waals surface area contributed by atoms with Gasteiger partial charge in [-0.05, 0) is 72.4 Å². The highest BCUT2D eigenvalue weighted by Crippen LogP contribution is 2.34. The minimum atomic E-state index is -4.41. The fourth-order valence-electron chi connectivity index (χ4n) is 4.65. The SMILES string of the molecule is Cc1ccc(C(C)C)c(N2C(=O)CS/C2=N\C(=O)NCCc2cccc(-c3ncn(-c4ccc(C(F)(F)F)cc4)n3)c2)c1. The number of aromatic nitrogens is 3. The van der Waals surface area contributed by atoms with Gasteiger partial charge in [0.05, 0.1) is 22.7 Å². The Balaban J connectivity index is 1.22. The van der Waals surface area contributed by atoms with Gasteiger partial charge in [0.1, 0.15) is 6.33 Å². The Morgan fingerprint density at radius 3 is 2.58 bits per heavy atom. The van der Waals surface area contributed by atoms with Crippen molar-refractivity contribution < 1.29 is 22.8 Å². The molecule has 5 rings (SSSR count). The molecule has 1 aliphatic rings. The molecule has 8 nitrogen and oxygen atoms in total. The number of aliphatic imine (C=N–C) groups is 1. The molecule has 1 fully saturated rings. The number of aryl methyl sites for hydroxylation is 1. The zero-order valence-corrected chi connectivity index (χ0v) is 24.5. The Hall–Kier alpha value is -4.45. The summed E-state index contributed by atoms with van der Waals surface area (Å²) < 4.78 is 40.0. The molecule has 1 saturated heterocycles. The summed E-state index contributed by atoms with van der Waals surface area (Å²) in [6.45, 7) is 6.39. The van der Waals surface area contributed by atoms with Crippen molar-refractivity contribution >= 4 is 34.6 Å². The fraction of sp³-hybridized carbons (Fsp3) is 0.258. The Morgan fingerprint density at radius 2 is 1.86 bits per heavy atom. The normalized spacial score (nSPS) is 14.6. The number of nitrogens with one attached hydrogen (secondary N) is 1. The molecule has 1 N–H and O–H groups in total. The Bertz CT molecular complexity index is 1680. The third-order valence-corrected chi connectivity index (χ3v) is 7.76. The number of anilines is 1. The quantitative estimate of drug-likeness (QED) is 0.251. The summed E-state index contributed by atoms with van der Waals surface area (Å²) in [6, 6.07) is 17.6. The molecule has 12 heteroatoms. The second kappa shape index (κ2) is 12.4. The van der Waals surface area contributed by atoms with E-state index in [4.69, 9.17) is 0 Å². The Labute approximate surface area is 251 Å². The molecule has 0 radical (unpaired) electrons. The number of alkyl halides is 3. The number of amides is 3. The molecule has 43 heavy (non-hydrogen) atoms. The van der Waals surface area contributed by atoms with Gasteiger partial charge in [0, 0.05) is 12.1 Å². The molecule has 1 aliphatic heterocycles. The van der Waals surface area contributed by atoms with Crippen LogP contribution in [0.25, 0.3) is 17.1 Å². The van der Waals surface area contributed by atoms with E-state index in [1.54, 1.807) is 0 Å². The van der Waals surface area contributed by atoms with Crippen molar-refractivity contribution in [3.63, 3.8) is 0 Å². The lowest BCUT2D eigenvalue weighted by Crippen LogP contribution is -2.32. The van der Waals surface area contributed by atoms with E-state index >= 15 is 0 Å². The summed E-state index contributed by atoms with van der Waals surface area (Å²) in [6.07, 6.45) is -2.46. The number of nitrogens with zero attached hydrogens (tertiary/aromatic N) is 5. The van der Waals surface area contributed by atoms with Gasteiger partial charge in [0.15, 0.2) is 11.0 Å². The fourth-order valence-corrected chi connectivity index (χ4v) is 5.50. The van der Waals surface area contributed by atoms with Crippen LogP contribution in [0.3, 0.4) is 0 Å². The highest BCUT2D eigenvalue weighted by Gasteiger charge is 2.32. The molecule has 3 aromatic carbocycles. The summed E-state index contributed by atoms with van der Waals surface area (Å²) in [5, 5.41) is 7.57. The van der Waals surface area contributed by atoms with Gasteiger partial charge in [-0.3, -0.25) is 9.69 Å². The van der Waals surface area contributed by atoms with Gasteiger partial charge in [0.2, 0.25) is 5.91 Å². The van der Waals surface area contributed by atoms with Crippen molar-refractivity contribution in [2.75, 3.05) is 17.2 Å². The van der Waals surface area contributed by atoms with E-state index in [9.17, 15) is 22.8 Å². The topological polar surface area (TPSA) is 92.5 Å². The van der Waals surface area contributed by atoms with Crippen LogP contribution < -0.4 is 10.2 Å². The van der Waals surface area contributed by atoms with Crippen molar-refractivity contribution in [3.05, 3.63) is 95.3 Å². The van der Waals surface area contributed by atoms with Gasteiger partial charge in [-0.1, -0.05) is 55.9 Å². The number of amidine groups is 1. The maximum absolute atomic E-state index is 12.9. The van der Waals surface area contributed by atoms with Gasteiger partial charge in [0.25, 0.3) is 0 Å². The number of halogens is 3. The molecular formula is C31H29F3N6O2S. The van der Waals surface area contributed by atoms with E-state index in [-0.39, 0.29) is 17.6 Å². The lowest BCUT2D eigenvalue weighted by Gasteiger charge is -2.22. The molecule has 222 valence electrons. The highest BCUT2D eigenvalue weighted by molar-refractivity contribution is 8.15. The van der Waals surface area contributed by atoms with Crippen LogP contribution >= 0.6 is 11.8 Å². The molecule has 3 amide bonds. The van der Waals surface area contributed by atoms with Gasteiger partial charge in [-0.2, -0.15) is 18.2 Å². The number of carbonyl (C=O) groups is 2. The average molecular weight is 607 g/mol. The second-order valence-electron chi connectivity index (χ2n) is 10.4. The van der Waals surface area contributed by atoms with Crippen molar-refractivity contribution in [1.29, 1.82) is 0 Å². The minimum Gasteiger partial charge on any atom is -0.336 e.